The highest BCUT2D eigenvalue weighted by Crippen LogP contribution is 2.24. The fraction of sp³-hybridized carbons (Fsp3) is 0.471. The van der Waals surface area contributed by atoms with E-state index in [2.05, 4.69) is 5.32 Å². The molecule has 2 rings (SSSR count). The number of benzene rings is 1. The standard InChI is InChI=1S/C17H22FNO3/c1-4-15-13(6-5-9-22-15)17(20)19-11(2)12-7-8-16(21-3)14(18)10-12/h7-8,10-11H,4-6,9H2,1-3H3,(H,19,20)/t11-/m0/s1. The van der Waals surface area contributed by atoms with E-state index in [0.29, 0.717) is 24.2 Å². The van der Waals surface area contributed by atoms with E-state index in [1.807, 2.05) is 13.8 Å². The highest BCUT2D eigenvalue weighted by atomic mass is 19.1. The summed E-state index contributed by atoms with van der Waals surface area (Å²) in [4.78, 5) is 12.4. The first kappa shape index (κ1) is 16.3. The number of nitrogens with one attached hydrogen (secondary N) is 1. The van der Waals surface area contributed by atoms with Crippen LogP contribution in [0.2, 0.25) is 0 Å². The van der Waals surface area contributed by atoms with Crippen LogP contribution < -0.4 is 10.1 Å². The minimum atomic E-state index is -0.435. The Labute approximate surface area is 130 Å². The van der Waals surface area contributed by atoms with Gasteiger partial charge < -0.3 is 14.8 Å². The van der Waals surface area contributed by atoms with Crippen molar-refractivity contribution in [3.05, 3.63) is 40.9 Å². The summed E-state index contributed by atoms with van der Waals surface area (Å²) in [5, 5.41) is 2.91. The van der Waals surface area contributed by atoms with Gasteiger partial charge in [-0.3, -0.25) is 4.79 Å². The molecule has 1 aromatic rings. The van der Waals surface area contributed by atoms with E-state index in [0.717, 1.165) is 18.6 Å². The minimum Gasteiger partial charge on any atom is -0.497 e. The van der Waals surface area contributed by atoms with Crippen molar-refractivity contribution in [1.82, 2.24) is 5.32 Å². The van der Waals surface area contributed by atoms with Gasteiger partial charge in [0.15, 0.2) is 11.6 Å². The maximum Gasteiger partial charge on any atom is 0.251 e. The fourth-order valence-electron chi connectivity index (χ4n) is 2.55. The molecule has 0 radical (unpaired) electrons. The summed E-state index contributed by atoms with van der Waals surface area (Å²) in [6, 6.07) is 4.41. The molecule has 0 saturated carbocycles. The first-order chi connectivity index (χ1) is 10.6. The van der Waals surface area contributed by atoms with Gasteiger partial charge in [0.1, 0.15) is 5.76 Å². The maximum absolute atomic E-state index is 13.8. The number of carbonyl (C=O) groups excluding carboxylic acids is 1. The summed E-state index contributed by atoms with van der Waals surface area (Å²) in [5.74, 6) is 0.381. The number of rotatable bonds is 5. The third kappa shape index (κ3) is 3.59. The van der Waals surface area contributed by atoms with Crippen molar-refractivity contribution in [3.63, 3.8) is 0 Å². The average Bonchev–Trinajstić information content (AvgIpc) is 2.54. The maximum atomic E-state index is 13.8. The lowest BCUT2D eigenvalue weighted by Crippen LogP contribution is -2.30. The number of carbonyl (C=O) groups is 1. The Morgan fingerprint density at radius 2 is 2.27 bits per heavy atom. The Kier molecular flexibility index (Phi) is 5.41. The molecule has 0 fully saturated rings. The van der Waals surface area contributed by atoms with Crippen LogP contribution in [0, 0.1) is 5.82 Å². The highest BCUT2D eigenvalue weighted by Gasteiger charge is 2.21. The number of hydrogen-bond donors (Lipinski definition) is 1. The third-order valence-electron chi connectivity index (χ3n) is 3.80. The van der Waals surface area contributed by atoms with Gasteiger partial charge in [0.2, 0.25) is 0 Å². The van der Waals surface area contributed by atoms with Gasteiger partial charge in [0.05, 0.1) is 25.3 Å². The largest absolute Gasteiger partial charge is 0.497 e. The summed E-state index contributed by atoms with van der Waals surface area (Å²) in [6.07, 6.45) is 2.27. The Morgan fingerprint density at radius 3 is 2.91 bits per heavy atom. The van der Waals surface area contributed by atoms with Crippen LogP contribution in [0.25, 0.3) is 0 Å². The molecule has 1 amide bonds. The van der Waals surface area contributed by atoms with E-state index < -0.39 is 5.82 Å². The molecule has 0 spiro atoms. The van der Waals surface area contributed by atoms with Crippen molar-refractivity contribution in [2.75, 3.05) is 13.7 Å². The molecule has 0 unspecified atom stereocenters. The number of allylic oxidation sites excluding steroid dienone is 1. The van der Waals surface area contributed by atoms with Gasteiger partial charge in [-0.05, 0) is 37.5 Å². The Bertz CT molecular complexity index is 583. The Morgan fingerprint density at radius 1 is 1.50 bits per heavy atom. The van der Waals surface area contributed by atoms with Gasteiger partial charge in [-0.25, -0.2) is 4.39 Å². The predicted molar refractivity (Wildman–Crippen MR) is 82.0 cm³/mol. The Balaban J connectivity index is 2.11. The molecule has 1 aromatic carbocycles. The van der Waals surface area contributed by atoms with E-state index in [4.69, 9.17) is 9.47 Å². The fourth-order valence-corrected chi connectivity index (χ4v) is 2.55. The average molecular weight is 307 g/mol. The molecule has 0 saturated heterocycles. The molecule has 0 aliphatic carbocycles. The first-order valence-electron chi connectivity index (χ1n) is 7.56. The summed E-state index contributed by atoms with van der Waals surface area (Å²) in [7, 11) is 1.42. The second kappa shape index (κ2) is 7.29. The van der Waals surface area contributed by atoms with Crippen LogP contribution in [-0.2, 0) is 9.53 Å². The number of amides is 1. The monoisotopic (exact) mass is 307 g/mol. The molecule has 22 heavy (non-hydrogen) atoms. The molecule has 120 valence electrons. The van der Waals surface area contributed by atoms with E-state index in [1.54, 1.807) is 12.1 Å². The zero-order valence-electron chi connectivity index (χ0n) is 13.2. The lowest BCUT2D eigenvalue weighted by molar-refractivity contribution is -0.118. The van der Waals surface area contributed by atoms with Crippen LogP contribution in [-0.4, -0.2) is 19.6 Å². The normalized spacial score (nSPS) is 16.0. The van der Waals surface area contributed by atoms with Crippen molar-refractivity contribution in [2.24, 2.45) is 0 Å². The first-order valence-corrected chi connectivity index (χ1v) is 7.56. The van der Waals surface area contributed by atoms with Crippen molar-refractivity contribution in [3.8, 4) is 5.75 Å². The molecular weight excluding hydrogens is 285 g/mol. The van der Waals surface area contributed by atoms with Crippen LogP contribution in [0.3, 0.4) is 0 Å². The zero-order chi connectivity index (χ0) is 16.1. The smallest absolute Gasteiger partial charge is 0.251 e. The SMILES string of the molecule is CCC1=C(C(=O)N[C@@H](C)c2ccc(OC)c(F)c2)CCCO1. The number of ether oxygens (including phenoxy) is 2. The number of halogens is 1. The van der Waals surface area contributed by atoms with E-state index >= 15 is 0 Å². The lowest BCUT2D eigenvalue weighted by Gasteiger charge is -2.22. The van der Waals surface area contributed by atoms with Crippen LogP contribution in [0.4, 0.5) is 4.39 Å². The molecule has 5 heteroatoms. The van der Waals surface area contributed by atoms with Crippen LogP contribution in [0.1, 0.15) is 44.7 Å². The quantitative estimate of drug-likeness (QED) is 0.906. The van der Waals surface area contributed by atoms with Gasteiger partial charge in [-0.15, -0.1) is 0 Å². The van der Waals surface area contributed by atoms with Crippen LogP contribution in [0.5, 0.6) is 5.75 Å². The molecule has 1 heterocycles. The predicted octanol–water partition coefficient (Wildman–Crippen LogP) is 3.49. The highest BCUT2D eigenvalue weighted by molar-refractivity contribution is 5.94. The van der Waals surface area contributed by atoms with E-state index in [9.17, 15) is 9.18 Å². The van der Waals surface area contributed by atoms with Gasteiger partial charge in [-0.2, -0.15) is 0 Å². The molecule has 1 atom stereocenters. The van der Waals surface area contributed by atoms with Gasteiger partial charge >= 0.3 is 0 Å². The van der Waals surface area contributed by atoms with Gasteiger partial charge in [-0.1, -0.05) is 13.0 Å². The molecule has 1 aliphatic rings. The van der Waals surface area contributed by atoms with Crippen molar-refractivity contribution in [1.29, 1.82) is 0 Å². The molecule has 0 bridgehead atoms. The second-order valence-corrected chi connectivity index (χ2v) is 5.30. The molecular formula is C17H22FNO3. The second-order valence-electron chi connectivity index (χ2n) is 5.30. The van der Waals surface area contributed by atoms with E-state index in [1.165, 1.54) is 13.2 Å². The molecule has 0 aromatic heterocycles. The van der Waals surface area contributed by atoms with Crippen molar-refractivity contribution < 1.29 is 18.7 Å². The summed E-state index contributed by atoms with van der Waals surface area (Å²) in [5.41, 5.74) is 1.40. The number of hydrogen-bond acceptors (Lipinski definition) is 3. The lowest BCUT2D eigenvalue weighted by atomic mass is 10.0. The molecule has 4 nitrogen and oxygen atoms in total. The minimum absolute atomic E-state index is 0.139. The summed E-state index contributed by atoms with van der Waals surface area (Å²) in [6.45, 7) is 4.46. The third-order valence-corrected chi connectivity index (χ3v) is 3.80. The molecule has 1 N–H and O–H groups in total. The van der Waals surface area contributed by atoms with Gasteiger partial charge in [0, 0.05) is 6.42 Å². The molecule has 1 aliphatic heterocycles. The zero-order valence-corrected chi connectivity index (χ0v) is 13.2. The summed E-state index contributed by atoms with van der Waals surface area (Å²) >= 11 is 0. The van der Waals surface area contributed by atoms with Crippen molar-refractivity contribution in [2.45, 2.75) is 39.2 Å². The number of methoxy groups -OCH3 is 1. The topological polar surface area (TPSA) is 47.6 Å². The summed E-state index contributed by atoms with van der Waals surface area (Å²) < 4.78 is 24.2. The van der Waals surface area contributed by atoms with Gasteiger partial charge in [0.25, 0.3) is 5.91 Å². The van der Waals surface area contributed by atoms with Crippen molar-refractivity contribution >= 4 is 5.91 Å². The Hall–Kier alpha value is -2.04. The van der Waals surface area contributed by atoms with Crippen LogP contribution >= 0.6 is 0 Å². The van der Waals surface area contributed by atoms with Crippen LogP contribution in [0.15, 0.2) is 29.5 Å². The van der Waals surface area contributed by atoms with E-state index in [-0.39, 0.29) is 17.7 Å².